The van der Waals surface area contributed by atoms with Crippen molar-refractivity contribution in [3.8, 4) is 5.75 Å². The second-order valence-electron chi connectivity index (χ2n) is 7.52. The van der Waals surface area contributed by atoms with Crippen LogP contribution in [0.5, 0.6) is 5.75 Å². The fourth-order valence-electron chi connectivity index (χ4n) is 3.16. The molecule has 1 saturated heterocycles. The summed E-state index contributed by atoms with van der Waals surface area (Å²) in [6, 6.07) is 5.09. The highest BCUT2D eigenvalue weighted by Gasteiger charge is 2.29. The lowest BCUT2D eigenvalue weighted by atomic mass is 9.97. The molecule has 1 aromatic carbocycles. The van der Waals surface area contributed by atoms with E-state index < -0.39 is 16.6 Å². The number of hydrogen-bond acceptors (Lipinski definition) is 6. The molecule has 1 aliphatic heterocycles. The first-order valence-electron chi connectivity index (χ1n) is 8.69. The first kappa shape index (κ1) is 19.8. The average molecular weight is 365 g/mol. The molecule has 8 nitrogen and oxygen atoms in total. The molecule has 0 bridgehead atoms. The van der Waals surface area contributed by atoms with Gasteiger partial charge in [0.2, 0.25) is 0 Å². The predicted octanol–water partition coefficient (Wildman–Crippen LogP) is 3.49. The van der Waals surface area contributed by atoms with E-state index >= 15 is 0 Å². The van der Waals surface area contributed by atoms with Gasteiger partial charge in [0.1, 0.15) is 5.60 Å². The van der Waals surface area contributed by atoms with Crippen LogP contribution in [-0.4, -0.2) is 42.4 Å². The van der Waals surface area contributed by atoms with Crippen molar-refractivity contribution in [1.29, 1.82) is 0 Å². The van der Waals surface area contributed by atoms with Gasteiger partial charge in [-0.2, -0.15) is 0 Å². The van der Waals surface area contributed by atoms with Crippen molar-refractivity contribution in [1.82, 2.24) is 5.32 Å². The molecule has 1 heterocycles. The SMILES string of the molecule is COc1cc(N2CCC(NC(=O)OC(C)(C)C)CC2C)ccc1[N+](=O)[O-]. The molecule has 1 aliphatic rings. The number of anilines is 1. The molecule has 1 aromatic rings. The van der Waals surface area contributed by atoms with Gasteiger partial charge in [-0.25, -0.2) is 4.79 Å². The summed E-state index contributed by atoms with van der Waals surface area (Å²) in [5.74, 6) is 0.244. The molecule has 0 aromatic heterocycles. The van der Waals surface area contributed by atoms with Gasteiger partial charge in [-0.3, -0.25) is 10.1 Å². The largest absolute Gasteiger partial charge is 0.490 e. The average Bonchev–Trinajstić information content (AvgIpc) is 2.52. The number of ether oxygens (including phenoxy) is 2. The highest BCUT2D eigenvalue weighted by Crippen LogP contribution is 2.34. The first-order chi connectivity index (χ1) is 12.1. The molecule has 1 fully saturated rings. The van der Waals surface area contributed by atoms with E-state index in [0.717, 1.165) is 25.1 Å². The van der Waals surface area contributed by atoms with Gasteiger partial charge in [-0.1, -0.05) is 0 Å². The van der Waals surface area contributed by atoms with Crippen molar-refractivity contribution in [2.45, 2.75) is 58.2 Å². The van der Waals surface area contributed by atoms with Crippen LogP contribution < -0.4 is 15.0 Å². The maximum absolute atomic E-state index is 11.9. The minimum absolute atomic E-state index is 0.0380. The first-order valence-corrected chi connectivity index (χ1v) is 8.69. The van der Waals surface area contributed by atoms with Gasteiger partial charge in [0.15, 0.2) is 5.75 Å². The summed E-state index contributed by atoms with van der Waals surface area (Å²) in [6.07, 6.45) is 1.13. The third-order valence-corrected chi connectivity index (χ3v) is 4.29. The summed E-state index contributed by atoms with van der Waals surface area (Å²) >= 11 is 0. The Kier molecular flexibility index (Phi) is 5.94. The van der Waals surface area contributed by atoms with Gasteiger partial charge in [0.05, 0.1) is 12.0 Å². The zero-order valence-electron chi connectivity index (χ0n) is 15.9. The normalized spacial score (nSPS) is 20.4. The lowest BCUT2D eigenvalue weighted by Crippen LogP contribution is -2.49. The monoisotopic (exact) mass is 365 g/mol. The van der Waals surface area contributed by atoms with Crippen LogP contribution in [0, 0.1) is 10.1 Å². The maximum Gasteiger partial charge on any atom is 0.407 e. The van der Waals surface area contributed by atoms with E-state index in [1.165, 1.54) is 13.2 Å². The van der Waals surface area contributed by atoms with Crippen molar-refractivity contribution in [2.24, 2.45) is 0 Å². The summed E-state index contributed by atoms with van der Waals surface area (Å²) in [5.41, 5.74) is 0.298. The molecule has 144 valence electrons. The predicted molar refractivity (Wildman–Crippen MR) is 98.8 cm³/mol. The molecule has 0 spiro atoms. The zero-order chi connectivity index (χ0) is 19.5. The van der Waals surface area contributed by atoms with Crippen molar-refractivity contribution in [3.63, 3.8) is 0 Å². The molecular weight excluding hydrogens is 338 g/mol. The van der Waals surface area contributed by atoms with Crippen LogP contribution in [0.1, 0.15) is 40.5 Å². The Morgan fingerprint density at radius 1 is 1.38 bits per heavy atom. The Hall–Kier alpha value is -2.51. The molecule has 26 heavy (non-hydrogen) atoms. The third kappa shape index (κ3) is 5.00. The Morgan fingerprint density at radius 3 is 2.62 bits per heavy atom. The number of alkyl carbamates (subject to hydrolysis) is 1. The van der Waals surface area contributed by atoms with Crippen molar-refractivity contribution in [2.75, 3.05) is 18.6 Å². The number of nitrogens with one attached hydrogen (secondary N) is 1. The molecule has 1 N–H and O–H groups in total. The Morgan fingerprint density at radius 2 is 2.08 bits per heavy atom. The van der Waals surface area contributed by atoms with Crippen LogP contribution in [0.3, 0.4) is 0 Å². The topological polar surface area (TPSA) is 93.9 Å². The van der Waals surface area contributed by atoms with Gasteiger partial charge in [-0.15, -0.1) is 0 Å². The fraction of sp³-hybridized carbons (Fsp3) is 0.611. The molecule has 1 amide bonds. The molecule has 2 unspecified atom stereocenters. The van der Waals surface area contributed by atoms with Crippen LogP contribution in [-0.2, 0) is 4.74 Å². The number of methoxy groups -OCH3 is 1. The summed E-state index contributed by atoms with van der Waals surface area (Å²) in [7, 11) is 1.42. The number of nitro benzene ring substituents is 1. The lowest BCUT2D eigenvalue weighted by molar-refractivity contribution is -0.385. The number of nitro groups is 1. The number of piperidine rings is 1. The van der Waals surface area contributed by atoms with Crippen molar-refractivity contribution in [3.05, 3.63) is 28.3 Å². The number of carbonyl (C=O) groups excluding carboxylic acids is 1. The molecule has 0 radical (unpaired) electrons. The maximum atomic E-state index is 11.9. The highest BCUT2D eigenvalue weighted by molar-refractivity contribution is 5.68. The quantitative estimate of drug-likeness (QED) is 0.648. The van der Waals surface area contributed by atoms with Crippen molar-refractivity contribution < 1.29 is 19.2 Å². The summed E-state index contributed by atoms with van der Waals surface area (Å²) in [4.78, 5) is 24.7. The van der Waals surface area contributed by atoms with Crippen molar-refractivity contribution >= 4 is 17.5 Å². The number of hydrogen-bond donors (Lipinski definition) is 1. The number of benzene rings is 1. The second kappa shape index (κ2) is 7.80. The summed E-state index contributed by atoms with van der Waals surface area (Å²) in [5, 5.41) is 14.0. The van der Waals surface area contributed by atoms with Gasteiger partial charge in [-0.05, 0) is 46.6 Å². The van der Waals surface area contributed by atoms with Crippen LogP contribution >= 0.6 is 0 Å². The van der Waals surface area contributed by atoms with Crippen LogP contribution in [0.4, 0.5) is 16.2 Å². The second-order valence-corrected chi connectivity index (χ2v) is 7.52. The van der Waals surface area contributed by atoms with Crippen LogP contribution in [0.2, 0.25) is 0 Å². The van der Waals surface area contributed by atoms with E-state index in [1.807, 2.05) is 20.8 Å². The molecule has 8 heteroatoms. The fourth-order valence-corrected chi connectivity index (χ4v) is 3.16. The number of amides is 1. The van der Waals surface area contributed by atoms with Gasteiger partial charge in [0.25, 0.3) is 0 Å². The molecule has 2 rings (SSSR count). The smallest absolute Gasteiger partial charge is 0.407 e. The van der Waals surface area contributed by atoms with Crippen LogP contribution in [0.15, 0.2) is 18.2 Å². The molecular formula is C18H27N3O5. The molecule has 0 saturated carbocycles. The van der Waals surface area contributed by atoms with E-state index in [0.29, 0.717) is 0 Å². The molecule has 2 atom stereocenters. The Balaban J connectivity index is 2.03. The Labute approximate surface area is 153 Å². The summed E-state index contributed by atoms with van der Waals surface area (Å²) < 4.78 is 10.5. The van der Waals surface area contributed by atoms with Gasteiger partial charge < -0.3 is 19.7 Å². The van der Waals surface area contributed by atoms with E-state index in [4.69, 9.17) is 9.47 Å². The zero-order valence-corrected chi connectivity index (χ0v) is 15.9. The van der Waals surface area contributed by atoms with Crippen LogP contribution in [0.25, 0.3) is 0 Å². The third-order valence-electron chi connectivity index (χ3n) is 4.29. The molecule has 0 aliphatic carbocycles. The van der Waals surface area contributed by atoms with E-state index in [-0.39, 0.29) is 23.5 Å². The standard InChI is InChI=1S/C18H27N3O5/c1-12-10-13(19-17(22)26-18(2,3)4)8-9-20(12)14-6-7-15(21(23)24)16(11-14)25-5/h6-7,11-13H,8-10H2,1-5H3,(H,19,22). The lowest BCUT2D eigenvalue weighted by Gasteiger charge is -2.39. The summed E-state index contributed by atoms with van der Waals surface area (Å²) in [6.45, 7) is 8.29. The minimum atomic E-state index is -0.522. The number of rotatable bonds is 4. The van der Waals surface area contributed by atoms with E-state index in [1.54, 1.807) is 12.1 Å². The van der Waals surface area contributed by atoms with Gasteiger partial charge >= 0.3 is 11.8 Å². The van der Waals surface area contributed by atoms with Gasteiger partial charge in [0, 0.05) is 36.4 Å². The number of carbonyl (C=O) groups is 1. The van der Waals surface area contributed by atoms with E-state index in [2.05, 4.69) is 17.1 Å². The minimum Gasteiger partial charge on any atom is -0.490 e. The highest BCUT2D eigenvalue weighted by atomic mass is 16.6. The number of nitrogens with zero attached hydrogens (tertiary/aromatic N) is 2. The Bertz CT molecular complexity index is 671. The van der Waals surface area contributed by atoms with E-state index in [9.17, 15) is 14.9 Å².